The topological polar surface area (TPSA) is 59.4 Å². The maximum absolute atomic E-state index is 10.4. The highest BCUT2D eigenvalue weighted by Crippen LogP contribution is 2.21. The highest BCUT2D eigenvalue weighted by atomic mass is 32.1. The molecule has 1 N–H and O–H groups in total. The third kappa shape index (κ3) is 4.43. The van der Waals surface area contributed by atoms with E-state index in [1.54, 1.807) is 12.3 Å². The zero-order valence-electron chi connectivity index (χ0n) is 12.0. The predicted octanol–water partition coefficient (Wildman–Crippen LogP) is 3.48. The first-order chi connectivity index (χ1) is 10.1. The number of ether oxygens (including phenoxy) is 1. The van der Waals surface area contributed by atoms with Crippen molar-refractivity contribution in [1.29, 1.82) is 0 Å². The van der Waals surface area contributed by atoms with Gasteiger partial charge in [0, 0.05) is 23.6 Å². The largest absolute Gasteiger partial charge is 0.493 e. The number of benzene rings is 1. The molecule has 21 heavy (non-hydrogen) atoms. The number of aryl methyl sites for hydroxylation is 1. The number of aliphatic carboxylic acids is 1. The molecule has 0 radical (unpaired) electrons. The average Bonchev–Trinajstić information content (AvgIpc) is 2.89. The summed E-state index contributed by atoms with van der Waals surface area (Å²) in [7, 11) is 0. The lowest BCUT2D eigenvalue weighted by Gasteiger charge is -2.09. The summed E-state index contributed by atoms with van der Waals surface area (Å²) in [6.45, 7) is 4.66. The lowest BCUT2D eigenvalue weighted by atomic mass is 10.1. The number of rotatable bonds is 6. The fourth-order valence-electron chi connectivity index (χ4n) is 1.80. The number of carboxylic acid groups (broad SMARTS) is 1. The predicted molar refractivity (Wildman–Crippen MR) is 83.9 cm³/mol. The van der Waals surface area contributed by atoms with Crippen molar-refractivity contribution in [2.24, 2.45) is 0 Å². The van der Waals surface area contributed by atoms with Gasteiger partial charge in [0.2, 0.25) is 0 Å². The number of nitrogens with zero attached hydrogens (tertiary/aromatic N) is 1. The van der Waals surface area contributed by atoms with E-state index >= 15 is 0 Å². The Hall–Kier alpha value is -2.14. The summed E-state index contributed by atoms with van der Waals surface area (Å²) in [5.74, 6) is -0.0549. The SMILES string of the molecule is Cc1cccc(OCCc2ncc(/C=C/C(=O)O)s2)c1C. The van der Waals surface area contributed by atoms with Crippen LogP contribution in [0.15, 0.2) is 30.5 Å². The molecule has 0 aliphatic carbocycles. The van der Waals surface area contributed by atoms with Crippen LogP contribution in [0.5, 0.6) is 5.75 Å². The van der Waals surface area contributed by atoms with Crippen molar-refractivity contribution in [3.05, 3.63) is 51.5 Å². The first kappa shape index (κ1) is 15.3. The Kier molecular flexibility index (Phi) is 5.11. The van der Waals surface area contributed by atoms with Crippen LogP contribution in [-0.4, -0.2) is 22.7 Å². The van der Waals surface area contributed by atoms with Gasteiger partial charge in [-0.1, -0.05) is 12.1 Å². The minimum Gasteiger partial charge on any atom is -0.493 e. The number of thiazole rings is 1. The first-order valence-corrected chi connectivity index (χ1v) is 7.42. The van der Waals surface area contributed by atoms with Crippen LogP contribution in [0.2, 0.25) is 0 Å². The van der Waals surface area contributed by atoms with Gasteiger partial charge in [-0.15, -0.1) is 11.3 Å². The molecule has 0 atom stereocenters. The molecule has 0 saturated carbocycles. The number of carboxylic acids is 1. The zero-order valence-corrected chi connectivity index (χ0v) is 12.8. The van der Waals surface area contributed by atoms with Gasteiger partial charge in [-0.05, 0) is 37.1 Å². The van der Waals surface area contributed by atoms with Gasteiger partial charge < -0.3 is 9.84 Å². The van der Waals surface area contributed by atoms with Crippen molar-refractivity contribution in [2.45, 2.75) is 20.3 Å². The number of carbonyl (C=O) groups is 1. The van der Waals surface area contributed by atoms with E-state index in [2.05, 4.69) is 18.0 Å². The molecule has 0 spiro atoms. The van der Waals surface area contributed by atoms with Gasteiger partial charge in [0.15, 0.2) is 0 Å². The fraction of sp³-hybridized carbons (Fsp3) is 0.250. The van der Waals surface area contributed by atoms with Gasteiger partial charge in [0.05, 0.1) is 11.6 Å². The Labute approximate surface area is 127 Å². The molecule has 0 fully saturated rings. The Balaban J connectivity index is 1.89. The highest BCUT2D eigenvalue weighted by molar-refractivity contribution is 7.12. The van der Waals surface area contributed by atoms with Crippen molar-refractivity contribution in [2.75, 3.05) is 6.61 Å². The molecule has 2 aromatic rings. The van der Waals surface area contributed by atoms with Crippen LogP contribution in [0.4, 0.5) is 0 Å². The number of hydrogen-bond donors (Lipinski definition) is 1. The van der Waals surface area contributed by atoms with Crippen molar-refractivity contribution in [3.8, 4) is 5.75 Å². The Morgan fingerprint density at radius 3 is 3.00 bits per heavy atom. The molecule has 1 aromatic carbocycles. The lowest BCUT2D eigenvalue weighted by molar-refractivity contribution is -0.131. The first-order valence-electron chi connectivity index (χ1n) is 6.61. The van der Waals surface area contributed by atoms with E-state index < -0.39 is 5.97 Å². The van der Waals surface area contributed by atoms with Gasteiger partial charge >= 0.3 is 5.97 Å². The van der Waals surface area contributed by atoms with Crippen LogP contribution in [0, 0.1) is 13.8 Å². The van der Waals surface area contributed by atoms with Crippen LogP contribution < -0.4 is 4.74 Å². The Morgan fingerprint density at radius 2 is 2.24 bits per heavy atom. The molecule has 110 valence electrons. The standard InChI is InChI=1S/C16H17NO3S/c1-11-4-3-5-14(12(11)2)20-9-8-15-17-10-13(21-15)6-7-16(18)19/h3-7,10H,8-9H2,1-2H3,(H,18,19)/b7-6+. The molecular formula is C16H17NO3S. The van der Waals surface area contributed by atoms with E-state index in [1.165, 1.54) is 16.9 Å². The maximum Gasteiger partial charge on any atom is 0.328 e. The minimum absolute atomic E-state index is 0.555. The Morgan fingerprint density at radius 1 is 1.43 bits per heavy atom. The van der Waals surface area contributed by atoms with E-state index in [9.17, 15) is 4.79 Å². The minimum atomic E-state index is -0.955. The number of hydrogen-bond acceptors (Lipinski definition) is 4. The number of aromatic nitrogens is 1. The summed E-state index contributed by atoms with van der Waals surface area (Å²) in [5.41, 5.74) is 2.37. The summed E-state index contributed by atoms with van der Waals surface area (Å²) >= 11 is 1.48. The van der Waals surface area contributed by atoms with Crippen molar-refractivity contribution in [3.63, 3.8) is 0 Å². The van der Waals surface area contributed by atoms with Gasteiger partial charge in [0.1, 0.15) is 5.75 Å². The monoisotopic (exact) mass is 303 g/mol. The molecule has 0 aliphatic heterocycles. The fourth-order valence-corrected chi connectivity index (χ4v) is 2.60. The van der Waals surface area contributed by atoms with Gasteiger partial charge in [-0.25, -0.2) is 9.78 Å². The van der Waals surface area contributed by atoms with Gasteiger partial charge in [-0.2, -0.15) is 0 Å². The molecular weight excluding hydrogens is 286 g/mol. The lowest BCUT2D eigenvalue weighted by Crippen LogP contribution is -2.02. The van der Waals surface area contributed by atoms with Crippen molar-refractivity contribution in [1.82, 2.24) is 4.98 Å². The summed E-state index contributed by atoms with van der Waals surface area (Å²) in [5, 5.41) is 9.51. The highest BCUT2D eigenvalue weighted by Gasteiger charge is 2.04. The second-order valence-corrected chi connectivity index (χ2v) is 5.77. The summed E-state index contributed by atoms with van der Waals surface area (Å²) in [6.07, 6.45) is 5.05. The summed E-state index contributed by atoms with van der Waals surface area (Å²) in [4.78, 5) is 15.5. The zero-order chi connectivity index (χ0) is 15.2. The van der Waals surface area contributed by atoms with Crippen LogP contribution in [0.1, 0.15) is 21.0 Å². The molecule has 2 rings (SSSR count). The molecule has 1 aromatic heterocycles. The molecule has 0 saturated heterocycles. The van der Waals surface area contributed by atoms with E-state index in [1.807, 2.05) is 19.1 Å². The third-order valence-corrected chi connectivity index (χ3v) is 4.11. The molecule has 0 bridgehead atoms. The maximum atomic E-state index is 10.4. The summed E-state index contributed by atoms with van der Waals surface area (Å²) in [6, 6.07) is 6.01. The van der Waals surface area contributed by atoms with E-state index in [0.717, 1.165) is 27.3 Å². The van der Waals surface area contributed by atoms with Gasteiger partial charge in [-0.3, -0.25) is 0 Å². The third-order valence-electron chi connectivity index (χ3n) is 3.09. The van der Waals surface area contributed by atoms with Gasteiger partial charge in [0.25, 0.3) is 0 Å². The van der Waals surface area contributed by atoms with Crippen LogP contribution in [-0.2, 0) is 11.2 Å². The summed E-state index contributed by atoms with van der Waals surface area (Å²) < 4.78 is 5.78. The molecule has 0 aliphatic rings. The van der Waals surface area contributed by atoms with Crippen LogP contribution >= 0.6 is 11.3 Å². The quantitative estimate of drug-likeness (QED) is 0.830. The molecule has 0 amide bonds. The Bertz CT molecular complexity index is 661. The van der Waals surface area contributed by atoms with Crippen molar-refractivity contribution >= 4 is 23.4 Å². The van der Waals surface area contributed by atoms with E-state index in [0.29, 0.717) is 13.0 Å². The smallest absolute Gasteiger partial charge is 0.328 e. The van der Waals surface area contributed by atoms with Crippen molar-refractivity contribution < 1.29 is 14.6 Å². The second-order valence-electron chi connectivity index (χ2n) is 4.62. The molecule has 4 nitrogen and oxygen atoms in total. The van der Waals surface area contributed by atoms with E-state index in [-0.39, 0.29) is 0 Å². The van der Waals surface area contributed by atoms with Crippen LogP contribution in [0.3, 0.4) is 0 Å². The van der Waals surface area contributed by atoms with E-state index in [4.69, 9.17) is 9.84 Å². The molecule has 5 heteroatoms. The molecule has 0 unspecified atom stereocenters. The van der Waals surface area contributed by atoms with Crippen LogP contribution in [0.25, 0.3) is 6.08 Å². The molecule has 1 heterocycles. The second kappa shape index (κ2) is 7.04. The normalized spacial score (nSPS) is 11.0. The average molecular weight is 303 g/mol.